The molecule has 0 radical (unpaired) electrons. The Morgan fingerprint density at radius 2 is 1.90 bits per heavy atom. The molecule has 1 saturated carbocycles. The maximum Gasteiger partial charge on any atom is 0.0935 e. The Bertz CT molecular complexity index is 505. The second kappa shape index (κ2) is 5.71. The van der Waals surface area contributed by atoms with Gasteiger partial charge in [-0.1, -0.05) is 17.7 Å². The molecule has 1 heterocycles. The van der Waals surface area contributed by atoms with Crippen LogP contribution in [0.4, 0.5) is 0 Å². The molecule has 1 aromatic rings. The molecule has 21 heavy (non-hydrogen) atoms. The van der Waals surface area contributed by atoms with Crippen LogP contribution in [0.25, 0.3) is 0 Å². The number of fused-ring (bicyclic) bond motifs is 1. The van der Waals surface area contributed by atoms with E-state index in [-0.39, 0.29) is 6.10 Å². The van der Waals surface area contributed by atoms with Crippen molar-refractivity contribution in [1.29, 1.82) is 0 Å². The van der Waals surface area contributed by atoms with Crippen LogP contribution in [0.1, 0.15) is 41.0 Å². The fourth-order valence-corrected chi connectivity index (χ4v) is 4.46. The van der Waals surface area contributed by atoms with Gasteiger partial charge in [-0.05, 0) is 62.8 Å². The molecule has 2 aliphatic rings. The summed E-state index contributed by atoms with van der Waals surface area (Å²) in [6.45, 7) is 7.31. The van der Waals surface area contributed by atoms with Crippen molar-refractivity contribution in [3.05, 3.63) is 34.4 Å². The summed E-state index contributed by atoms with van der Waals surface area (Å²) in [5.74, 6) is 0.861. The van der Waals surface area contributed by atoms with Crippen LogP contribution in [-0.4, -0.2) is 32.0 Å². The SMILES string of the molecule is COC1C(CCN)CC2OC2C1c1c(C)cc(C)cc1C. The van der Waals surface area contributed by atoms with Gasteiger partial charge in [-0.2, -0.15) is 0 Å². The van der Waals surface area contributed by atoms with E-state index in [1.54, 1.807) is 0 Å². The standard InChI is InChI=1S/C18H27NO2/c1-10-7-11(2)15(12(3)8-10)16-17(20-4)13(5-6-19)9-14-18(16)21-14/h7-8,13-14,16-18H,5-6,9,19H2,1-4H3. The predicted octanol–water partition coefficient (Wildman–Crippen LogP) is 2.85. The van der Waals surface area contributed by atoms with Crippen molar-refractivity contribution in [2.45, 2.75) is 57.8 Å². The smallest absolute Gasteiger partial charge is 0.0935 e. The van der Waals surface area contributed by atoms with Crippen LogP contribution in [0.2, 0.25) is 0 Å². The molecule has 1 aliphatic carbocycles. The number of epoxide rings is 1. The highest BCUT2D eigenvalue weighted by Crippen LogP contribution is 2.51. The van der Waals surface area contributed by atoms with Gasteiger partial charge in [-0.25, -0.2) is 0 Å². The molecule has 5 atom stereocenters. The molecule has 1 saturated heterocycles. The Labute approximate surface area is 127 Å². The van der Waals surface area contributed by atoms with Gasteiger partial charge in [-0.3, -0.25) is 0 Å². The second-order valence-corrected chi connectivity index (χ2v) is 6.75. The molecule has 3 nitrogen and oxygen atoms in total. The number of hydrogen-bond acceptors (Lipinski definition) is 3. The summed E-state index contributed by atoms with van der Waals surface area (Å²) in [5, 5.41) is 0. The summed E-state index contributed by atoms with van der Waals surface area (Å²) in [6.07, 6.45) is 3.09. The lowest BCUT2D eigenvalue weighted by Gasteiger charge is -2.36. The minimum atomic E-state index is 0.220. The fraction of sp³-hybridized carbons (Fsp3) is 0.667. The van der Waals surface area contributed by atoms with Gasteiger partial charge in [0, 0.05) is 13.0 Å². The van der Waals surface area contributed by atoms with E-state index in [2.05, 4.69) is 32.9 Å². The lowest BCUT2D eigenvalue weighted by molar-refractivity contribution is 0.0122. The van der Waals surface area contributed by atoms with E-state index in [9.17, 15) is 0 Å². The largest absolute Gasteiger partial charge is 0.380 e. The number of ether oxygens (including phenoxy) is 2. The summed E-state index contributed by atoms with van der Waals surface area (Å²) >= 11 is 0. The average Bonchev–Trinajstić information content (AvgIpc) is 3.16. The molecule has 1 aliphatic heterocycles. The van der Waals surface area contributed by atoms with E-state index in [1.807, 2.05) is 7.11 Å². The first-order valence-electron chi connectivity index (χ1n) is 8.03. The first-order valence-corrected chi connectivity index (χ1v) is 8.03. The molecule has 0 bridgehead atoms. The highest BCUT2D eigenvalue weighted by molar-refractivity contribution is 5.42. The third-order valence-corrected chi connectivity index (χ3v) is 5.21. The number of hydrogen-bond donors (Lipinski definition) is 1. The van der Waals surface area contributed by atoms with Gasteiger partial charge in [0.2, 0.25) is 0 Å². The maximum absolute atomic E-state index is 5.97. The lowest BCUT2D eigenvalue weighted by atomic mass is 9.72. The Balaban J connectivity index is 1.99. The van der Waals surface area contributed by atoms with Gasteiger partial charge in [0.05, 0.1) is 18.3 Å². The Morgan fingerprint density at radius 3 is 2.48 bits per heavy atom. The van der Waals surface area contributed by atoms with E-state index in [0.717, 1.165) is 19.4 Å². The maximum atomic E-state index is 5.97. The van der Waals surface area contributed by atoms with Gasteiger partial charge >= 0.3 is 0 Å². The van der Waals surface area contributed by atoms with Gasteiger partial charge < -0.3 is 15.2 Å². The van der Waals surface area contributed by atoms with Crippen LogP contribution in [0.3, 0.4) is 0 Å². The number of benzene rings is 1. The van der Waals surface area contributed by atoms with Gasteiger partial charge in [0.1, 0.15) is 0 Å². The van der Waals surface area contributed by atoms with Crippen LogP contribution in [-0.2, 0) is 9.47 Å². The number of aryl methyl sites for hydroxylation is 3. The normalized spacial score (nSPS) is 34.6. The Morgan fingerprint density at radius 1 is 1.24 bits per heavy atom. The molecule has 3 rings (SSSR count). The molecule has 5 unspecified atom stereocenters. The third kappa shape index (κ3) is 2.63. The molecule has 116 valence electrons. The monoisotopic (exact) mass is 289 g/mol. The molecule has 3 heteroatoms. The highest BCUT2D eigenvalue weighted by atomic mass is 16.6. The molecule has 1 aromatic carbocycles. The van der Waals surface area contributed by atoms with Crippen LogP contribution in [0.15, 0.2) is 12.1 Å². The molecular weight excluding hydrogens is 262 g/mol. The summed E-state index contributed by atoms with van der Waals surface area (Å²) < 4.78 is 11.9. The van der Waals surface area contributed by atoms with Crippen LogP contribution in [0, 0.1) is 26.7 Å². The zero-order valence-corrected chi connectivity index (χ0v) is 13.6. The number of methoxy groups -OCH3 is 1. The lowest BCUT2D eigenvalue weighted by Crippen LogP contribution is -2.39. The van der Waals surface area contributed by atoms with Crippen molar-refractivity contribution in [1.82, 2.24) is 0 Å². The first-order chi connectivity index (χ1) is 10.1. The Hall–Kier alpha value is -0.900. The highest BCUT2D eigenvalue weighted by Gasteiger charge is 2.56. The van der Waals surface area contributed by atoms with E-state index < -0.39 is 0 Å². The topological polar surface area (TPSA) is 47.8 Å². The molecule has 2 N–H and O–H groups in total. The summed E-state index contributed by atoms with van der Waals surface area (Å²) in [7, 11) is 1.84. The summed E-state index contributed by atoms with van der Waals surface area (Å²) in [6, 6.07) is 4.55. The summed E-state index contributed by atoms with van der Waals surface area (Å²) in [4.78, 5) is 0. The molecule has 2 fully saturated rings. The van der Waals surface area contributed by atoms with E-state index in [1.165, 1.54) is 22.3 Å². The Kier molecular flexibility index (Phi) is 4.08. The van der Waals surface area contributed by atoms with Crippen molar-refractivity contribution >= 4 is 0 Å². The van der Waals surface area contributed by atoms with Gasteiger partial charge in [-0.15, -0.1) is 0 Å². The number of rotatable bonds is 4. The molecule has 0 aromatic heterocycles. The predicted molar refractivity (Wildman–Crippen MR) is 84.6 cm³/mol. The van der Waals surface area contributed by atoms with E-state index in [0.29, 0.717) is 24.0 Å². The van der Waals surface area contributed by atoms with Crippen LogP contribution >= 0.6 is 0 Å². The third-order valence-electron chi connectivity index (χ3n) is 5.21. The second-order valence-electron chi connectivity index (χ2n) is 6.75. The minimum Gasteiger partial charge on any atom is -0.380 e. The van der Waals surface area contributed by atoms with Crippen molar-refractivity contribution in [3.63, 3.8) is 0 Å². The average molecular weight is 289 g/mol. The zero-order valence-electron chi connectivity index (χ0n) is 13.6. The molecule has 0 spiro atoms. The van der Waals surface area contributed by atoms with Crippen molar-refractivity contribution < 1.29 is 9.47 Å². The van der Waals surface area contributed by atoms with Crippen LogP contribution in [0.5, 0.6) is 0 Å². The number of nitrogens with two attached hydrogens (primary N) is 1. The zero-order chi connectivity index (χ0) is 15.1. The van der Waals surface area contributed by atoms with E-state index >= 15 is 0 Å². The van der Waals surface area contributed by atoms with Crippen molar-refractivity contribution in [2.24, 2.45) is 11.7 Å². The van der Waals surface area contributed by atoms with Gasteiger partial charge in [0.15, 0.2) is 0 Å². The van der Waals surface area contributed by atoms with Crippen molar-refractivity contribution in [2.75, 3.05) is 13.7 Å². The molecule has 0 amide bonds. The van der Waals surface area contributed by atoms with Crippen molar-refractivity contribution in [3.8, 4) is 0 Å². The van der Waals surface area contributed by atoms with E-state index in [4.69, 9.17) is 15.2 Å². The van der Waals surface area contributed by atoms with Crippen LogP contribution < -0.4 is 5.73 Å². The van der Waals surface area contributed by atoms with Gasteiger partial charge in [0.25, 0.3) is 0 Å². The quantitative estimate of drug-likeness (QED) is 0.867. The molecular formula is C18H27NO2. The summed E-state index contributed by atoms with van der Waals surface area (Å²) in [5.41, 5.74) is 11.3. The minimum absolute atomic E-state index is 0.220. The first kappa shape index (κ1) is 15.0. The fourth-order valence-electron chi connectivity index (χ4n) is 4.46.